The molecule has 0 spiro atoms. The Morgan fingerprint density at radius 3 is 2.34 bits per heavy atom. The molecule has 0 bridgehead atoms. The first-order chi connectivity index (χ1) is 15.6. The van der Waals surface area contributed by atoms with E-state index in [-0.39, 0.29) is 0 Å². The van der Waals surface area contributed by atoms with E-state index in [1.807, 2.05) is 25.1 Å². The van der Waals surface area contributed by atoms with E-state index in [0.29, 0.717) is 22.8 Å². The average Bonchev–Trinajstić information content (AvgIpc) is 2.84. The Morgan fingerprint density at radius 2 is 1.69 bits per heavy atom. The molecule has 1 fully saturated rings. The first-order valence-corrected chi connectivity index (χ1v) is 12.5. The summed E-state index contributed by atoms with van der Waals surface area (Å²) in [5.41, 5.74) is 3.30. The summed E-state index contributed by atoms with van der Waals surface area (Å²) in [4.78, 5) is 12.6. The molecule has 0 heterocycles. The van der Waals surface area contributed by atoms with Gasteiger partial charge in [-0.3, -0.25) is 0 Å². The molecular weight excluding hydrogens is 394 g/mol. The molecule has 0 saturated heterocycles. The average molecular weight is 432 g/mol. The van der Waals surface area contributed by atoms with Crippen LogP contribution in [-0.2, 0) is 6.42 Å². The van der Waals surface area contributed by atoms with Crippen LogP contribution in [0.5, 0.6) is 5.75 Å². The molecule has 0 aliphatic heterocycles. The van der Waals surface area contributed by atoms with E-state index in [0.717, 1.165) is 17.9 Å². The van der Waals surface area contributed by atoms with Gasteiger partial charge in [0.25, 0.3) is 0 Å². The van der Waals surface area contributed by atoms with Gasteiger partial charge in [0.05, 0.1) is 11.1 Å². The first-order valence-electron chi connectivity index (χ1n) is 12.5. The molecule has 3 heteroatoms. The highest BCUT2D eigenvalue weighted by atomic mass is 16.5. The molecular formula is C29H37NO2. The van der Waals surface area contributed by atoms with Crippen molar-refractivity contribution in [3.05, 3.63) is 64.7 Å². The summed E-state index contributed by atoms with van der Waals surface area (Å²) in [5.74, 6) is 1.41. The number of carbonyl (C=O) groups excluding carboxylic acids is 1. The van der Waals surface area contributed by atoms with Gasteiger partial charge in [0.2, 0.25) is 0 Å². The predicted molar refractivity (Wildman–Crippen MR) is 130 cm³/mol. The van der Waals surface area contributed by atoms with Crippen LogP contribution in [0.4, 0.5) is 0 Å². The fraction of sp³-hybridized carbons (Fsp3) is 0.517. The van der Waals surface area contributed by atoms with Gasteiger partial charge in [0.15, 0.2) is 0 Å². The van der Waals surface area contributed by atoms with Crippen molar-refractivity contribution < 1.29 is 9.53 Å². The second-order valence-corrected chi connectivity index (χ2v) is 9.23. The maximum atomic E-state index is 12.6. The van der Waals surface area contributed by atoms with Gasteiger partial charge in [0.1, 0.15) is 11.8 Å². The molecule has 170 valence electrons. The SMILES string of the molecule is CCCCCCCC1CCC(c2ccc(C(=O)Oc3ccc(CC)cc3C#N)cc2)CC1. The van der Waals surface area contributed by atoms with Crippen LogP contribution in [0.2, 0.25) is 0 Å². The fourth-order valence-corrected chi connectivity index (χ4v) is 4.84. The lowest BCUT2D eigenvalue weighted by Crippen LogP contribution is -2.14. The summed E-state index contributed by atoms with van der Waals surface area (Å²) >= 11 is 0. The summed E-state index contributed by atoms with van der Waals surface area (Å²) in [6.07, 6.45) is 14.2. The van der Waals surface area contributed by atoms with E-state index in [4.69, 9.17) is 4.74 Å². The number of hydrogen-bond acceptors (Lipinski definition) is 3. The minimum atomic E-state index is -0.413. The Morgan fingerprint density at radius 1 is 0.969 bits per heavy atom. The van der Waals surface area contributed by atoms with Crippen LogP contribution in [0.25, 0.3) is 0 Å². The lowest BCUT2D eigenvalue weighted by atomic mass is 9.77. The second kappa shape index (κ2) is 12.4. The zero-order chi connectivity index (χ0) is 22.8. The van der Waals surface area contributed by atoms with E-state index in [1.165, 1.54) is 69.8 Å². The van der Waals surface area contributed by atoms with Gasteiger partial charge in [-0.25, -0.2) is 4.79 Å². The van der Waals surface area contributed by atoms with Gasteiger partial charge in [-0.15, -0.1) is 0 Å². The van der Waals surface area contributed by atoms with Crippen LogP contribution in [0.1, 0.15) is 111 Å². The third-order valence-electron chi connectivity index (χ3n) is 6.96. The van der Waals surface area contributed by atoms with Crippen LogP contribution in [-0.4, -0.2) is 5.97 Å². The number of rotatable bonds is 10. The minimum Gasteiger partial charge on any atom is -0.422 e. The number of unbranched alkanes of at least 4 members (excludes halogenated alkanes) is 4. The van der Waals surface area contributed by atoms with Crippen LogP contribution in [0.15, 0.2) is 42.5 Å². The smallest absolute Gasteiger partial charge is 0.343 e. The number of ether oxygens (including phenoxy) is 1. The number of nitrogens with zero attached hydrogens (tertiary/aromatic N) is 1. The number of esters is 1. The Bertz CT molecular complexity index is 902. The van der Waals surface area contributed by atoms with E-state index in [9.17, 15) is 10.1 Å². The van der Waals surface area contributed by atoms with E-state index in [1.54, 1.807) is 12.1 Å². The van der Waals surface area contributed by atoms with E-state index in [2.05, 4.69) is 25.1 Å². The van der Waals surface area contributed by atoms with E-state index < -0.39 is 5.97 Å². The van der Waals surface area contributed by atoms with Crippen molar-refractivity contribution in [2.24, 2.45) is 5.92 Å². The number of benzene rings is 2. The molecule has 0 amide bonds. The quantitative estimate of drug-likeness (QED) is 0.218. The highest BCUT2D eigenvalue weighted by Gasteiger charge is 2.22. The summed E-state index contributed by atoms with van der Waals surface area (Å²) in [6, 6.07) is 15.4. The predicted octanol–water partition coefficient (Wildman–Crippen LogP) is 7.97. The number of hydrogen-bond donors (Lipinski definition) is 0. The zero-order valence-corrected chi connectivity index (χ0v) is 19.7. The summed E-state index contributed by atoms with van der Waals surface area (Å²) < 4.78 is 5.52. The topological polar surface area (TPSA) is 50.1 Å². The van der Waals surface area contributed by atoms with E-state index >= 15 is 0 Å². The Labute approximate surface area is 193 Å². The molecule has 1 aliphatic carbocycles. The number of nitriles is 1. The van der Waals surface area contributed by atoms with Crippen molar-refractivity contribution >= 4 is 5.97 Å². The van der Waals surface area contributed by atoms with Crippen LogP contribution < -0.4 is 4.74 Å². The molecule has 3 rings (SSSR count). The lowest BCUT2D eigenvalue weighted by molar-refractivity contribution is 0.0734. The lowest BCUT2D eigenvalue weighted by Gasteiger charge is -2.29. The molecule has 0 radical (unpaired) electrons. The Kier molecular flexibility index (Phi) is 9.35. The third kappa shape index (κ3) is 6.70. The molecule has 1 aliphatic rings. The maximum Gasteiger partial charge on any atom is 0.343 e. The summed E-state index contributed by atoms with van der Waals surface area (Å²) in [5, 5.41) is 9.36. The molecule has 3 nitrogen and oxygen atoms in total. The molecule has 0 N–H and O–H groups in total. The van der Waals surface area contributed by atoms with Gasteiger partial charge in [-0.2, -0.15) is 5.26 Å². The Balaban J connectivity index is 1.50. The van der Waals surface area contributed by atoms with Gasteiger partial charge >= 0.3 is 5.97 Å². The highest BCUT2D eigenvalue weighted by molar-refractivity contribution is 5.91. The van der Waals surface area contributed by atoms with Crippen molar-refractivity contribution in [2.45, 2.75) is 90.4 Å². The van der Waals surface area contributed by atoms with Crippen molar-refractivity contribution in [2.75, 3.05) is 0 Å². The van der Waals surface area contributed by atoms with Crippen molar-refractivity contribution in [3.63, 3.8) is 0 Å². The van der Waals surface area contributed by atoms with Crippen molar-refractivity contribution in [3.8, 4) is 11.8 Å². The van der Waals surface area contributed by atoms with Crippen LogP contribution >= 0.6 is 0 Å². The molecule has 0 unspecified atom stereocenters. The highest BCUT2D eigenvalue weighted by Crippen LogP contribution is 2.38. The largest absolute Gasteiger partial charge is 0.422 e. The molecule has 0 aromatic heterocycles. The molecule has 32 heavy (non-hydrogen) atoms. The second-order valence-electron chi connectivity index (χ2n) is 9.23. The normalized spacial score (nSPS) is 18.2. The maximum absolute atomic E-state index is 12.6. The minimum absolute atomic E-state index is 0.326. The summed E-state index contributed by atoms with van der Waals surface area (Å²) in [7, 11) is 0. The fourth-order valence-electron chi connectivity index (χ4n) is 4.84. The monoisotopic (exact) mass is 431 g/mol. The Hall–Kier alpha value is -2.60. The number of carbonyl (C=O) groups is 1. The van der Waals surface area contributed by atoms with Crippen LogP contribution in [0.3, 0.4) is 0 Å². The molecule has 2 aromatic carbocycles. The molecule has 2 aromatic rings. The van der Waals surface area contributed by atoms with Gasteiger partial charge in [-0.05, 0) is 79.3 Å². The standard InChI is InChI=1S/C29H37NO2/c1-3-5-6-7-8-9-23-10-13-24(14-11-23)25-15-17-26(18-16-25)29(31)32-28-19-12-22(4-2)20-27(28)21-30/h12,15-20,23-24H,3-11,13-14H2,1-2H3. The van der Waals surface area contributed by atoms with Gasteiger partial charge < -0.3 is 4.74 Å². The zero-order valence-electron chi connectivity index (χ0n) is 19.7. The summed E-state index contributed by atoms with van der Waals surface area (Å²) in [6.45, 7) is 4.30. The van der Waals surface area contributed by atoms with Crippen molar-refractivity contribution in [1.29, 1.82) is 5.26 Å². The van der Waals surface area contributed by atoms with Crippen molar-refractivity contribution in [1.82, 2.24) is 0 Å². The third-order valence-corrected chi connectivity index (χ3v) is 6.96. The first kappa shape index (κ1) is 24.1. The number of aryl methyl sites for hydroxylation is 1. The molecule has 1 saturated carbocycles. The van der Waals surface area contributed by atoms with Gasteiger partial charge in [-0.1, -0.05) is 70.6 Å². The molecule has 0 atom stereocenters. The van der Waals surface area contributed by atoms with Crippen LogP contribution in [0, 0.1) is 17.2 Å². The van der Waals surface area contributed by atoms with Gasteiger partial charge in [0, 0.05) is 0 Å².